The number of amides is 2. The van der Waals surface area contributed by atoms with Crippen molar-refractivity contribution in [1.29, 1.82) is 0 Å². The predicted molar refractivity (Wildman–Crippen MR) is 155 cm³/mol. The fraction of sp³-hybridized carbons (Fsp3) is 0.310. The van der Waals surface area contributed by atoms with E-state index in [0.29, 0.717) is 24.5 Å². The van der Waals surface area contributed by atoms with Crippen LogP contribution >= 0.6 is 11.8 Å². The Morgan fingerprint density at radius 1 is 0.975 bits per heavy atom. The lowest BCUT2D eigenvalue weighted by Gasteiger charge is -2.32. The summed E-state index contributed by atoms with van der Waals surface area (Å²) in [5.74, 6) is -0.858. The molecule has 0 bridgehead atoms. The van der Waals surface area contributed by atoms with Crippen molar-refractivity contribution < 1.29 is 27.1 Å². The van der Waals surface area contributed by atoms with Gasteiger partial charge in [-0.05, 0) is 93.3 Å². The van der Waals surface area contributed by atoms with Gasteiger partial charge in [0.2, 0.25) is 11.8 Å². The Bertz CT molecular complexity index is 1380. The van der Waals surface area contributed by atoms with E-state index in [2.05, 4.69) is 5.32 Å². The molecule has 0 saturated carbocycles. The summed E-state index contributed by atoms with van der Waals surface area (Å²) in [6, 6.07) is 17.5. The summed E-state index contributed by atoms with van der Waals surface area (Å²) in [6.45, 7) is 5.40. The molecule has 0 radical (unpaired) electrons. The highest BCUT2D eigenvalue weighted by atomic mass is 32.2. The normalized spacial score (nSPS) is 11.9. The number of nitrogens with zero attached hydrogens (tertiary/aromatic N) is 2. The predicted octanol–water partition coefficient (Wildman–Crippen LogP) is 4.70. The second-order valence-electron chi connectivity index (χ2n) is 8.83. The zero-order valence-corrected chi connectivity index (χ0v) is 24.6. The van der Waals surface area contributed by atoms with Crippen LogP contribution in [0.25, 0.3) is 0 Å². The van der Waals surface area contributed by atoms with E-state index in [1.165, 1.54) is 53.1 Å². The molecular weight excluding hydrogens is 553 g/mol. The van der Waals surface area contributed by atoms with Gasteiger partial charge in [0.05, 0.1) is 17.2 Å². The first-order valence-electron chi connectivity index (χ1n) is 12.8. The number of carbonyl (C=O) groups is 2. The van der Waals surface area contributed by atoms with Crippen molar-refractivity contribution in [1.82, 2.24) is 10.2 Å². The van der Waals surface area contributed by atoms with Crippen molar-refractivity contribution in [2.24, 2.45) is 0 Å². The van der Waals surface area contributed by atoms with E-state index < -0.39 is 34.3 Å². The Morgan fingerprint density at radius 2 is 1.60 bits per heavy atom. The highest BCUT2D eigenvalue weighted by Crippen LogP contribution is 2.28. The van der Waals surface area contributed by atoms with E-state index in [9.17, 15) is 22.4 Å². The van der Waals surface area contributed by atoms with Gasteiger partial charge in [0, 0.05) is 18.0 Å². The SMILES string of the molecule is CCNC(=O)[C@H](C)N(Cc1ccc(F)cc1)C(=O)CN(c1ccc(OCC)cc1)S(=O)(=O)c1ccc(SC)cc1. The van der Waals surface area contributed by atoms with E-state index >= 15 is 0 Å². The number of nitrogens with one attached hydrogen (secondary N) is 1. The maximum absolute atomic E-state index is 13.9. The molecule has 0 saturated heterocycles. The van der Waals surface area contributed by atoms with Crippen LogP contribution in [-0.2, 0) is 26.2 Å². The summed E-state index contributed by atoms with van der Waals surface area (Å²) < 4.78 is 47.8. The Balaban J connectivity index is 2.02. The number of sulfonamides is 1. The minimum Gasteiger partial charge on any atom is -0.494 e. The molecule has 0 aliphatic carbocycles. The fourth-order valence-corrected chi connectivity index (χ4v) is 5.79. The second kappa shape index (κ2) is 14.2. The van der Waals surface area contributed by atoms with Crippen LogP contribution < -0.4 is 14.4 Å². The lowest BCUT2D eigenvalue weighted by Crippen LogP contribution is -2.51. The number of rotatable bonds is 13. The Hall–Kier alpha value is -3.57. The van der Waals surface area contributed by atoms with Gasteiger partial charge in [-0.15, -0.1) is 11.8 Å². The van der Waals surface area contributed by atoms with Crippen molar-refractivity contribution in [2.75, 3.05) is 30.3 Å². The molecule has 0 aliphatic rings. The smallest absolute Gasteiger partial charge is 0.264 e. The van der Waals surface area contributed by atoms with Crippen LogP contribution in [-0.4, -0.2) is 57.1 Å². The number of benzene rings is 3. The molecule has 2 amide bonds. The minimum atomic E-state index is -4.18. The molecule has 0 fully saturated rings. The first-order chi connectivity index (χ1) is 19.1. The fourth-order valence-electron chi connectivity index (χ4n) is 3.97. The van der Waals surface area contributed by atoms with Gasteiger partial charge in [0.15, 0.2) is 0 Å². The Labute approximate surface area is 239 Å². The number of hydrogen-bond donors (Lipinski definition) is 1. The van der Waals surface area contributed by atoms with Crippen LogP contribution in [0.4, 0.5) is 10.1 Å². The molecule has 3 rings (SSSR count). The molecule has 0 heterocycles. The van der Waals surface area contributed by atoms with Crippen molar-refractivity contribution in [3.63, 3.8) is 0 Å². The summed E-state index contributed by atoms with van der Waals surface area (Å²) in [5, 5.41) is 2.71. The van der Waals surface area contributed by atoms with E-state index in [1.54, 1.807) is 50.2 Å². The summed E-state index contributed by atoms with van der Waals surface area (Å²) >= 11 is 1.48. The molecule has 1 N–H and O–H groups in total. The van der Waals surface area contributed by atoms with Gasteiger partial charge in [-0.25, -0.2) is 12.8 Å². The van der Waals surface area contributed by atoms with Crippen LogP contribution in [0.15, 0.2) is 82.6 Å². The second-order valence-corrected chi connectivity index (χ2v) is 11.6. The van der Waals surface area contributed by atoms with Crippen molar-refractivity contribution in [3.8, 4) is 5.75 Å². The van der Waals surface area contributed by atoms with E-state index in [-0.39, 0.29) is 23.0 Å². The molecule has 0 spiro atoms. The first kappa shape index (κ1) is 31.0. The van der Waals surface area contributed by atoms with Crippen LogP contribution in [0, 0.1) is 5.82 Å². The zero-order chi connectivity index (χ0) is 29.3. The topological polar surface area (TPSA) is 96.0 Å². The number of anilines is 1. The van der Waals surface area contributed by atoms with E-state index in [0.717, 1.165) is 9.20 Å². The lowest BCUT2D eigenvalue weighted by atomic mass is 10.1. The van der Waals surface area contributed by atoms with Crippen molar-refractivity contribution in [3.05, 3.63) is 84.2 Å². The molecule has 11 heteroatoms. The number of carbonyl (C=O) groups excluding carboxylic acids is 2. The largest absolute Gasteiger partial charge is 0.494 e. The average molecular weight is 588 g/mol. The monoisotopic (exact) mass is 587 g/mol. The van der Waals surface area contributed by atoms with E-state index in [4.69, 9.17) is 4.74 Å². The van der Waals surface area contributed by atoms with Crippen LogP contribution in [0.2, 0.25) is 0 Å². The van der Waals surface area contributed by atoms with Gasteiger partial charge in [0.25, 0.3) is 10.0 Å². The number of thioether (sulfide) groups is 1. The van der Waals surface area contributed by atoms with Gasteiger partial charge in [-0.1, -0.05) is 12.1 Å². The van der Waals surface area contributed by atoms with Gasteiger partial charge in [-0.2, -0.15) is 0 Å². The zero-order valence-electron chi connectivity index (χ0n) is 23.0. The van der Waals surface area contributed by atoms with Gasteiger partial charge in [0.1, 0.15) is 24.2 Å². The molecular formula is C29H34FN3O5S2. The minimum absolute atomic E-state index is 0.0169. The highest BCUT2D eigenvalue weighted by Gasteiger charge is 2.32. The van der Waals surface area contributed by atoms with Crippen molar-refractivity contribution >= 4 is 39.3 Å². The number of halogens is 1. The molecule has 214 valence electrons. The van der Waals surface area contributed by atoms with Crippen LogP contribution in [0.1, 0.15) is 26.3 Å². The molecule has 0 aromatic heterocycles. The van der Waals surface area contributed by atoms with Crippen LogP contribution in [0.3, 0.4) is 0 Å². The van der Waals surface area contributed by atoms with Crippen LogP contribution in [0.5, 0.6) is 5.75 Å². The van der Waals surface area contributed by atoms with Gasteiger partial charge >= 0.3 is 0 Å². The summed E-state index contributed by atoms with van der Waals surface area (Å²) in [6.07, 6.45) is 1.89. The number of ether oxygens (including phenoxy) is 1. The average Bonchev–Trinajstić information content (AvgIpc) is 2.96. The van der Waals surface area contributed by atoms with Gasteiger partial charge < -0.3 is 15.0 Å². The van der Waals surface area contributed by atoms with E-state index in [1.807, 2.05) is 13.2 Å². The van der Waals surface area contributed by atoms with Crippen molar-refractivity contribution in [2.45, 2.75) is 43.1 Å². The maximum Gasteiger partial charge on any atom is 0.264 e. The Morgan fingerprint density at radius 3 is 2.15 bits per heavy atom. The third kappa shape index (κ3) is 7.76. The molecule has 8 nitrogen and oxygen atoms in total. The molecule has 0 aliphatic heterocycles. The number of likely N-dealkylation sites (N-methyl/N-ethyl adjacent to an activating group) is 1. The molecule has 0 unspecified atom stereocenters. The molecule has 40 heavy (non-hydrogen) atoms. The molecule has 1 atom stereocenters. The third-order valence-corrected chi connectivity index (χ3v) is 8.68. The lowest BCUT2D eigenvalue weighted by molar-refractivity contribution is -0.139. The number of hydrogen-bond acceptors (Lipinski definition) is 6. The maximum atomic E-state index is 13.9. The summed E-state index contributed by atoms with van der Waals surface area (Å²) in [4.78, 5) is 28.8. The standard InChI is InChI=1S/C29H34FN3O5S2/c1-5-31-29(35)21(3)32(19-22-7-9-23(30)10-8-22)28(34)20-33(24-11-13-25(14-12-24)38-6-2)40(36,37)27-17-15-26(39-4)16-18-27/h7-18,21H,5-6,19-20H2,1-4H3,(H,31,35)/t21-/m0/s1. The molecule has 3 aromatic carbocycles. The summed E-state index contributed by atoms with van der Waals surface area (Å²) in [5.41, 5.74) is 0.854. The van der Waals surface area contributed by atoms with Gasteiger partial charge in [-0.3, -0.25) is 13.9 Å². The third-order valence-electron chi connectivity index (χ3n) is 6.15. The summed E-state index contributed by atoms with van der Waals surface area (Å²) in [7, 11) is -4.18. The highest BCUT2D eigenvalue weighted by molar-refractivity contribution is 7.98. The molecule has 3 aromatic rings. The first-order valence-corrected chi connectivity index (χ1v) is 15.5. The quantitative estimate of drug-likeness (QED) is 0.292. The Kier molecular flexibility index (Phi) is 11.0.